The number of benzene rings is 2. The van der Waals surface area contributed by atoms with Gasteiger partial charge in [-0.2, -0.15) is 4.31 Å². The number of sulfonamides is 1. The lowest BCUT2D eigenvalue weighted by atomic mass is 10.0. The maximum atomic E-state index is 13.6. The molecule has 0 saturated heterocycles. The fourth-order valence-corrected chi connectivity index (χ4v) is 6.57. The van der Waals surface area contributed by atoms with Crippen molar-refractivity contribution in [3.63, 3.8) is 0 Å². The van der Waals surface area contributed by atoms with Gasteiger partial charge in [-0.1, -0.05) is 19.1 Å². The number of allylic oxidation sites excluding steroid dienone is 2. The van der Waals surface area contributed by atoms with Gasteiger partial charge in [-0.05, 0) is 73.7 Å². The van der Waals surface area contributed by atoms with Crippen LogP contribution in [0.4, 0.5) is 4.39 Å². The second-order valence-corrected chi connectivity index (χ2v) is 11.6. The number of aliphatic hydroxyl groups excluding tert-OH is 1. The van der Waals surface area contributed by atoms with Crippen LogP contribution in [0.15, 0.2) is 53.4 Å². The van der Waals surface area contributed by atoms with E-state index in [1.807, 2.05) is 13.0 Å². The molecule has 1 aliphatic heterocycles. The van der Waals surface area contributed by atoms with Crippen molar-refractivity contribution in [1.82, 2.24) is 9.21 Å². The number of likely N-dealkylation sites (N-methyl/N-ethyl adjacent to an activating group) is 1. The molecule has 36 heavy (non-hydrogen) atoms. The van der Waals surface area contributed by atoms with Gasteiger partial charge in [0.05, 0.1) is 13.2 Å². The lowest BCUT2D eigenvalue weighted by Crippen LogP contribution is -2.50. The number of ether oxygens (including phenoxy) is 1. The Morgan fingerprint density at radius 1 is 1.25 bits per heavy atom. The molecule has 4 rings (SSSR count). The van der Waals surface area contributed by atoms with Gasteiger partial charge in [0.2, 0.25) is 10.0 Å². The fraction of sp³-hybridized carbons (Fsp3) is 0.444. The Labute approximate surface area is 212 Å². The molecule has 0 aromatic heterocycles. The van der Waals surface area contributed by atoms with Crippen LogP contribution in [0.3, 0.4) is 0 Å². The maximum Gasteiger partial charge on any atom is 0.253 e. The van der Waals surface area contributed by atoms with Crippen molar-refractivity contribution in [3.05, 3.63) is 65.5 Å². The summed E-state index contributed by atoms with van der Waals surface area (Å²) in [4.78, 5) is 14.5. The molecule has 7 nitrogen and oxygen atoms in total. The standard InChI is InChI=1S/C27H33FN2O5S/c1-18-15-30(19(2)17-31)36(33,34)26-13-10-22(20-6-4-5-7-20)14-24(26)35-25(18)16-29(3)27(32)21-8-11-23(28)12-9-21/h6,8-14,18-19,25,31H,4-5,7,15-17H2,1-3H3/t18-,19+,25-/m1/s1. The number of hydrogen-bond donors (Lipinski definition) is 1. The van der Waals surface area contributed by atoms with E-state index in [0.29, 0.717) is 5.56 Å². The molecular formula is C27H33FN2O5S. The van der Waals surface area contributed by atoms with E-state index in [9.17, 15) is 22.7 Å². The summed E-state index contributed by atoms with van der Waals surface area (Å²) in [7, 11) is -2.28. The number of carbonyl (C=O) groups excluding carboxylic acids is 1. The summed E-state index contributed by atoms with van der Waals surface area (Å²) in [5.41, 5.74) is 2.44. The van der Waals surface area contributed by atoms with Crippen LogP contribution in [0.1, 0.15) is 49.0 Å². The van der Waals surface area contributed by atoms with Gasteiger partial charge in [0.25, 0.3) is 5.91 Å². The van der Waals surface area contributed by atoms with Crippen molar-refractivity contribution in [2.45, 2.75) is 50.2 Å². The molecule has 2 aromatic carbocycles. The van der Waals surface area contributed by atoms with Crippen molar-refractivity contribution in [2.75, 3.05) is 26.7 Å². The molecule has 3 atom stereocenters. The van der Waals surface area contributed by atoms with Crippen molar-refractivity contribution in [1.29, 1.82) is 0 Å². The highest BCUT2D eigenvalue weighted by Gasteiger charge is 2.38. The fourth-order valence-electron chi connectivity index (χ4n) is 4.74. The van der Waals surface area contributed by atoms with Gasteiger partial charge in [0.15, 0.2) is 0 Å². The SMILES string of the molecule is C[C@@H]1CN([C@@H](C)CO)S(=O)(=O)c2ccc(C3=CCCC3)cc2O[C@@H]1CN(C)C(=O)c1ccc(F)cc1. The number of halogens is 1. The number of nitrogens with zero attached hydrogens (tertiary/aromatic N) is 2. The highest BCUT2D eigenvalue weighted by molar-refractivity contribution is 7.89. The number of aliphatic hydroxyl groups is 1. The molecule has 9 heteroatoms. The van der Waals surface area contributed by atoms with E-state index in [2.05, 4.69) is 6.08 Å². The van der Waals surface area contributed by atoms with Crippen molar-refractivity contribution >= 4 is 21.5 Å². The van der Waals surface area contributed by atoms with E-state index in [-0.39, 0.29) is 42.2 Å². The quantitative estimate of drug-likeness (QED) is 0.629. The number of amides is 1. The van der Waals surface area contributed by atoms with Crippen LogP contribution < -0.4 is 4.74 Å². The minimum atomic E-state index is -3.93. The van der Waals surface area contributed by atoms with Gasteiger partial charge < -0.3 is 14.7 Å². The van der Waals surface area contributed by atoms with Gasteiger partial charge >= 0.3 is 0 Å². The summed E-state index contributed by atoms with van der Waals surface area (Å²) in [5, 5.41) is 9.81. The van der Waals surface area contributed by atoms with Crippen LogP contribution in [-0.2, 0) is 10.0 Å². The lowest BCUT2D eigenvalue weighted by Gasteiger charge is -2.37. The lowest BCUT2D eigenvalue weighted by molar-refractivity contribution is 0.0563. The van der Waals surface area contributed by atoms with Crippen molar-refractivity contribution < 1.29 is 27.4 Å². The summed E-state index contributed by atoms with van der Waals surface area (Å²) in [6.45, 7) is 3.55. The Morgan fingerprint density at radius 3 is 2.61 bits per heavy atom. The molecule has 1 aliphatic carbocycles. The number of fused-ring (bicyclic) bond motifs is 1. The van der Waals surface area contributed by atoms with E-state index in [1.54, 1.807) is 26.1 Å². The molecule has 0 unspecified atom stereocenters. The minimum absolute atomic E-state index is 0.0505. The zero-order valence-electron chi connectivity index (χ0n) is 20.9. The van der Waals surface area contributed by atoms with E-state index < -0.39 is 28.0 Å². The van der Waals surface area contributed by atoms with Crippen LogP contribution in [0, 0.1) is 11.7 Å². The minimum Gasteiger partial charge on any atom is -0.487 e. The predicted molar refractivity (Wildman–Crippen MR) is 136 cm³/mol. The number of carbonyl (C=O) groups is 1. The Bertz CT molecular complexity index is 1250. The Hall–Kier alpha value is -2.75. The van der Waals surface area contributed by atoms with Crippen LogP contribution in [0.5, 0.6) is 5.75 Å². The van der Waals surface area contributed by atoms with Crippen molar-refractivity contribution in [3.8, 4) is 5.75 Å². The zero-order chi connectivity index (χ0) is 26.0. The highest BCUT2D eigenvalue weighted by Crippen LogP contribution is 2.37. The first-order valence-electron chi connectivity index (χ1n) is 12.3. The van der Waals surface area contributed by atoms with Crippen molar-refractivity contribution in [2.24, 2.45) is 5.92 Å². The normalized spacial score (nSPS) is 22.5. The van der Waals surface area contributed by atoms with Gasteiger partial charge in [-0.25, -0.2) is 12.8 Å². The molecule has 1 N–H and O–H groups in total. The number of hydrogen-bond acceptors (Lipinski definition) is 5. The molecule has 0 spiro atoms. The van der Waals surface area contributed by atoms with E-state index in [1.165, 1.54) is 33.5 Å². The largest absolute Gasteiger partial charge is 0.487 e. The average Bonchev–Trinajstić information content (AvgIpc) is 3.40. The monoisotopic (exact) mass is 516 g/mol. The molecule has 1 heterocycles. The molecule has 2 aliphatic rings. The average molecular weight is 517 g/mol. The second kappa shape index (κ2) is 10.7. The molecule has 0 saturated carbocycles. The third kappa shape index (κ3) is 5.33. The summed E-state index contributed by atoms with van der Waals surface area (Å²) in [6, 6.07) is 9.89. The first kappa shape index (κ1) is 26.3. The van der Waals surface area contributed by atoms with Crippen LogP contribution in [0.2, 0.25) is 0 Å². The second-order valence-electron chi connectivity index (χ2n) is 9.72. The molecule has 0 fully saturated rings. The van der Waals surface area contributed by atoms with Gasteiger partial charge in [0.1, 0.15) is 22.6 Å². The summed E-state index contributed by atoms with van der Waals surface area (Å²) in [5.74, 6) is -0.754. The Kier molecular flexibility index (Phi) is 7.82. The van der Waals surface area contributed by atoms with E-state index in [4.69, 9.17) is 4.74 Å². The van der Waals surface area contributed by atoms with Crippen LogP contribution in [0.25, 0.3) is 5.57 Å². The summed E-state index contributed by atoms with van der Waals surface area (Å²) >= 11 is 0. The van der Waals surface area contributed by atoms with Gasteiger partial charge in [-0.3, -0.25) is 4.79 Å². The summed E-state index contributed by atoms with van der Waals surface area (Å²) in [6.07, 6.45) is 4.62. The molecule has 2 aromatic rings. The number of rotatable bonds is 6. The predicted octanol–water partition coefficient (Wildman–Crippen LogP) is 3.93. The van der Waals surface area contributed by atoms with E-state index in [0.717, 1.165) is 30.4 Å². The molecule has 0 bridgehead atoms. The molecular weight excluding hydrogens is 483 g/mol. The smallest absolute Gasteiger partial charge is 0.253 e. The first-order chi connectivity index (χ1) is 17.1. The first-order valence-corrected chi connectivity index (χ1v) is 13.7. The molecule has 1 amide bonds. The van der Waals surface area contributed by atoms with E-state index >= 15 is 0 Å². The zero-order valence-corrected chi connectivity index (χ0v) is 21.7. The van der Waals surface area contributed by atoms with Crippen LogP contribution in [-0.4, -0.2) is 67.5 Å². The Balaban J connectivity index is 1.70. The molecule has 194 valence electrons. The van der Waals surface area contributed by atoms with Crippen LogP contribution >= 0.6 is 0 Å². The highest BCUT2D eigenvalue weighted by atomic mass is 32.2. The molecule has 0 radical (unpaired) electrons. The topological polar surface area (TPSA) is 87.2 Å². The van der Waals surface area contributed by atoms with Gasteiger partial charge in [-0.15, -0.1) is 0 Å². The maximum absolute atomic E-state index is 13.6. The summed E-state index contributed by atoms with van der Waals surface area (Å²) < 4.78 is 48.3. The Morgan fingerprint density at radius 2 is 1.97 bits per heavy atom. The third-order valence-electron chi connectivity index (χ3n) is 6.97. The third-order valence-corrected chi connectivity index (χ3v) is 8.99. The van der Waals surface area contributed by atoms with Gasteiger partial charge in [0, 0.05) is 31.1 Å².